The summed E-state index contributed by atoms with van der Waals surface area (Å²) in [6, 6.07) is 0.312. The predicted molar refractivity (Wildman–Crippen MR) is 71.1 cm³/mol. The van der Waals surface area contributed by atoms with Gasteiger partial charge in [0.05, 0.1) is 46.0 Å². The predicted octanol–water partition coefficient (Wildman–Crippen LogP) is 2.39. The maximum atomic E-state index is 4.38. The first-order valence-corrected chi connectivity index (χ1v) is 6.85. The largest absolute Gasteiger partial charge is 0.307 e. The van der Waals surface area contributed by atoms with Crippen LogP contribution in [0.2, 0.25) is 0 Å². The van der Waals surface area contributed by atoms with Crippen molar-refractivity contribution in [3.63, 3.8) is 0 Å². The third-order valence-electron chi connectivity index (χ3n) is 2.51. The number of aromatic nitrogens is 4. The van der Waals surface area contributed by atoms with Gasteiger partial charge in [0.1, 0.15) is 0 Å². The summed E-state index contributed by atoms with van der Waals surface area (Å²) in [6.07, 6.45) is 3.61. The Kier molecular flexibility index (Phi) is 3.90. The molecule has 0 saturated carbocycles. The molecule has 2 aromatic rings. The van der Waals surface area contributed by atoms with Crippen LogP contribution in [0.15, 0.2) is 16.9 Å². The molecule has 0 saturated heterocycles. The first-order valence-electron chi connectivity index (χ1n) is 5.32. The summed E-state index contributed by atoms with van der Waals surface area (Å²) in [6.45, 7) is 4.21. The summed E-state index contributed by atoms with van der Waals surface area (Å²) in [4.78, 5) is 0. The van der Waals surface area contributed by atoms with Crippen LogP contribution in [0, 0.1) is 0 Å². The number of nitrogens with one attached hydrogen (secondary N) is 1. The van der Waals surface area contributed by atoms with Crippen LogP contribution < -0.4 is 5.32 Å². The zero-order valence-corrected chi connectivity index (χ0v) is 12.3. The van der Waals surface area contributed by atoms with Gasteiger partial charge in [-0.2, -0.15) is 13.8 Å². The van der Waals surface area contributed by atoms with E-state index in [4.69, 9.17) is 0 Å². The number of hydrogen-bond donors (Lipinski definition) is 1. The van der Waals surface area contributed by atoms with Gasteiger partial charge in [0.15, 0.2) is 0 Å². The molecule has 1 atom stereocenters. The highest BCUT2D eigenvalue weighted by Gasteiger charge is 2.23. The molecule has 0 fully saturated rings. The van der Waals surface area contributed by atoms with Crippen molar-refractivity contribution < 1.29 is 0 Å². The smallest absolute Gasteiger partial charge is 0.0973 e. The van der Waals surface area contributed by atoms with Crippen LogP contribution >= 0.6 is 27.7 Å². The van der Waals surface area contributed by atoms with E-state index < -0.39 is 0 Å². The van der Waals surface area contributed by atoms with E-state index in [0.717, 1.165) is 15.9 Å². The van der Waals surface area contributed by atoms with E-state index >= 15 is 0 Å². The van der Waals surface area contributed by atoms with E-state index in [-0.39, 0.29) is 6.04 Å². The lowest BCUT2D eigenvalue weighted by atomic mass is 10.1. The van der Waals surface area contributed by atoms with Gasteiger partial charge in [-0.3, -0.25) is 4.68 Å². The summed E-state index contributed by atoms with van der Waals surface area (Å²) in [5.74, 6) is 0. The summed E-state index contributed by atoms with van der Waals surface area (Å²) < 4.78 is 11.3. The van der Waals surface area contributed by atoms with Crippen LogP contribution in [0.25, 0.3) is 0 Å². The van der Waals surface area contributed by atoms with E-state index in [0.29, 0.717) is 6.04 Å². The molecule has 0 bridgehead atoms. The van der Waals surface area contributed by atoms with E-state index in [1.807, 2.05) is 17.9 Å². The van der Waals surface area contributed by atoms with Crippen molar-refractivity contribution in [3.8, 4) is 0 Å². The van der Waals surface area contributed by atoms with Gasteiger partial charge in [0.2, 0.25) is 0 Å². The zero-order valence-electron chi connectivity index (χ0n) is 9.88. The molecule has 0 spiro atoms. The van der Waals surface area contributed by atoms with Crippen molar-refractivity contribution in [3.05, 3.63) is 28.3 Å². The lowest BCUT2D eigenvalue weighted by Crippen LogP contribution is -2.23. The summed E-state index contributed by atoms with van der Waals surface area (Å²) in [7, 11) is 1.91. The molecule has 17 heavy (non-hydrogen) atoms. The van der Waals surface area contributed by atoms with Crippen LogP contribution in [-0.2, 0) is 0 Å². The summed E-state index contributed by atoms with van der Waals surface area (Å²) >= 11 is 4.76. The molecule has 0 aromatic carbocycles. The topological polar surface area (TPSA) is 55.6 Å². The number of rotatable bonds is 4. The normalized spacial score (nSPS) is 13.2. The SMILES string of the molecule is CNC(c1cnsn1)c1c(Br)cnn1C(C)C. The van der Waals surface area contributed by atoms with Crippen molar-refractivity contribution in [1.82, 2.24) is 23.8 Å². The molecule has 2 aromatic heterocycles. The fourth-order valence-electron chi connectivity index (χ4n) is 1.76. The Morgan fingerprint density at radius 1 is 1.41 bits per heavy atom. The Morgan fingerprint density at radius 3 is 2.71 bits per heavy atom. The first kappa shape index (κ1) is 12.7. The molecule has 0 aliphatic rings. The molecular formula is C10H14BrN5S. The summed E-state index contributed by atoms with van der Waals surface area (Å²) in [5, 5.41) is 7.64. The average molecular weight is 316 g/mol. The Bertz CT molecular complexity index is 479. The van der Waals surface area contributed by atoms with Crippen LogP contribution in [0.1, 0.15) is 37.3 Å². The molecule has 2 rings (SSSR count). The maximum absolute atomic E-state index is 4.38. The molecular weight excluding hydrogens is 302 g/mol. The third-order valence-corrected chi connectivity index (χ3v) is 3.62. The summed E-state index contributed by atoms with van der Waals surface area (Å²) in [5.41, 5.74) is 2.00. The lowest BCUT2D eigenvalue weighted by Gasteiger charge is -2.18. The van der Waals surface area contributed by atoms with Crippen molar-refractivity contribution in [2.24, 2.45) is 0 Å². The molecule has 0 aliphatic heterocycles. The van der Waals surface area contributed by atoms with E-state index in [9.17, 15) is 0 Å². The minimum atomic E-state index is 0.00743. The Morgan fingerprint density at radius 2 is 2.18 bits per heavy atom. The van der Waals surface area contributed by atoms with Gasteiger partial charge in [0, 0.05) is 6.04 Å². The second-order valence-electron chi connectivity index (χ2n) is 3.97. The van der Waals surface area contributed by atoms with E-state index in [2.05, 4.69) is 48.9 Å². The number of halogens is 1. The Hall–Kier alpha value is -0.790. The minimum Gasteiger partial charge on any atom is -0.307 e. The molecule has 0 amide bonds. The van der Waals surface area contributed by atoms with Gasteiger partial charge >= 0.3 is 0 Å². The molecule has 2 heterocycles. The number of hydrogen-bond acceptors (Lipinski definition) is 5. The second-order valence-corrected chi connectivity index (χ2v) is 5.38. The maximum Gasteiger partial charge on any atom is 0.0973 e. The van der Waals surface area contributed by atoms with E-state index in [1.54, 1.807) is 6.20 Å². The first-order chi connectivity index (χ1) is 8.15. The molecule has 0 aliphatic carbocycles. The Balaban J connectivity index is 2.47. The average Bonchev–Trinajstić information content (AvgIpc) is 2.91. The molecule has 0 radical (unpaired) electrons. The molecule has 7 heteroatoms. The van der Waals surface area contributed by atoms with Crippen molar-refractivity contribution in [1.29, 1.82) is 0 Å². The standard InChI is InChI=1S/C10H14BrN5S/c1-6(2)16-10(7(11)4-13-16)9(12-3)8-5-14-17-15-8/h4-6,9,12H,1-3H3. The fraction of sp³-hybridized carbons (Fsp3) is 0.500. The van der Waals surface area contributed by atoms with E-state index in [1.165, 1.54) is 11.7 Å². The molecule has 92 valence electrons. The Labute approximate surface area is 113 Å². The highest BCUT2D eigenvalue weighted by molar-refractivity contribution is 9.10. The van der Waals surface area contributed by atoms with Crippen molar-refractivity contribution in [2.75, 3.05) is 7.05 Å². The van der Waals surface area contributed by atoms with Gasteiger partial charge in [0.25, 0.3) is 0 Å². The molecule has 1 N–H and O–H groups in total. The highest BCUT2D eigenvalue weighted by atomic mass is 79.9. The van der Waals surface area contributed by atoms with Crippen molar-refractivity contribution in [2.45, 2.75) is 25.9 Å². The quantitative estimate of drug-likeness (QED) is 0.941. The molecule has 5 nitrogen and oxygen atoms in total. The van der Waals surface area contributed by atoms with Crippen LogP contribution in [-0.4, -0.2) is 25.6 Å². The van der Waals surface area contributed by atoms with Crippen LogP contribution in [0.4, 0.5) is 0 Å². The lowest BCUT2D eigenvalue weighted by molar-refractivity contribution is 0.481. The van der Waals surface area contributed by atoms with Crippen molar-refractivity contribution >= 4 is 27.7 Å². The van der Waals surface area contributed by atoms with Crippen LogP contribution in [0.5, 0.6) is 0 Å². The second kappa shape index (κ2) is 5.24. The van der Waals surface area contributed by atoms with Gasteiger partial charge < -0.3 is 5.32 Å². The monoisotopic (exact) mass is 315 g/mol. The minimum absolute atomic E-state index is 0.00743. The van der Waals surface area contributed by atoms with Gasteiger partial charge in [-0.15, -0.1) is 0 Å². The van der Waals surface area contributed by atoms with Gasteiger partial charge in [-0.1, -0.05) is 0 Å². The molecule has 1 unspecified atom stereocenters. The highest BCUT2D eigenvalue weighted by Crippen LogP contribution is 2.29. The third kappa shape index (κ3) is 2.41. The zero-order chi connectivity index (χ0) is 12.4. The van der Waals surface area contributed by atoms with Gasteiger partial charge in [-0.05, 0) is 36.8 Å². The van der Waals surface area contributed by atoms with Gasteiger partial charge in [-0.25, -0.2) is 0 Å². The number of nitrogens with zero attached hydrogens (tertiary/aromatic N) is 4. The van der Waals surface area contributed by atoms with Crippen LogP contribution in [0.3, 0.4) is 0 Å². The fourth-order valence-corrected chi connectivity index (χ4v) is 2.71.